The average molecular weight is 265 g/mol. The zero-order valence-corrected chi connectivity index (χ0v) is 10.2. The monoisotopic (exact) mass is 265 g/mol. The fourth-order valence-corrected chi connectivity index (χ4v) is 2.77. The average Bonchev–Trinajstić information content (AvgIpc) is 2.61. The molecule has 3 N–H and O–H groups in total. The number of halogens is 2. The van der Waals surface area contributed by atoms with Crippen LogP contribution in [0.1, 0.15) is 10.4 Å². The number of amidine groups is 1. The van der Waals surface area contributed by atoms with Crippen molar-refractivity contribution in [3.05, 3.63) is 40.3 Å². The first-order chi connectivity index (χ1) is 8.54. The van der Waals surface area contributed by atoms with Crippen LogP contribution in [0.2, 0.25) is 0 Å². The van der Waals surface area contributed by atoms with Gasteiger partial charge in [-0.3, -0.25) is 0 Å². The molecule has 1 aliphatic rings. The second-order valence-electron chi connectivity index (χ2n) is 4.01. The summed E-state index contributed by atoms with van der Waals surface area (Å²) >= 11 is 1.49. The van der Waals surface area contributed by atoms with Crippen molar-refractivity contribution in [2.75, 3.05) is 5.32 Å². The molecule has 0 aliphatic carbocycles. The predicted molar refractivity (Wildman–Crippen MR) is 69.1 cm³/mol. The molecular weight excluding hydrogens is 256 g/mol. The first-order valence-electron chi connectivity index (χ1n) is 5.25. The molecule has 92 valence electrons. The Morgan fingerprint density at radius 2 is 1.94 bits per heavy atom. The van der Waals surface area contributed by atoms with Gasteiger partial charge in [0.05, 0.1) is 16.9 Å². The van der Waals surface area contributed by atoms with Gasteiger partial charge >= 0.3 is 0 Å². The van der Waals surface area contributed by atoms with E-state index in [4.69, 9.17) is 5.73 Å². The van der Waals surface area contributed by atoms with E-state index < -0.39 is 11.6 Å². The lowest BCUT2D eigenvalue weighted by atomic mass is 10.2. The van der Waals surface area contributed by atoms with Crippen LogP contribution in [0.15, 0.2) is 23.2 Å². The van der Waals surface area contributed by atoms with Gasteiger partial charge in [0.2, 0.25) is 0 Å². The minimum Gasteiger partial charge on any atom is -0.383 e. The maximum Gasteiger partial charge on any atom is 0.161 e. The highest BCUT2D eigenvalue weighted by Gasteiger charge is 2.18. The molecule has 1 aliphatic heterocycles. The van der Waals surface area contributed by atoms with Crippen molar-refractivity contribution in [1.82, 2.24) is 0 Å². The Kier molecular flexibility index (Phi) is 2.34. The van der Waals surface area contributed by atoms with Crippen LogP contribution in [-0.2, 0) is 0 Å². The third kappa shape index (κ3) is 1.65. The van der Waals surface area contributed by atoms with Gasteiger partial charge in [0.15, 0.2) is 11.6 Å². The van der Waals surface area contributed by atoms with Crippen molar-refractivity contribution < 1.29 is 8.78 Å². The van der Waals surface area contributed by atoms with E-state index in [1.807, 2.05) is 13.0 Å². The molecule has 0 unspecified atom stereocenters. The largest absolute Gasteiger partial charge is 0.383 e. The Balaban J connectivity index is 2.23. The number of fused-ring (bicyclic) bond motifs is 2. The molecule has 1 aromatic carbocycles. The molecule has 0 fully saturated rings. The van der Waals surface area contributed by atoms with Crippen molar-refractivity contribution in [3.63, 3.8) is 0 Å². The van der Waals surface area contributed by atoms with E-state index in [1.54, 1.807) is 0 Å². The van der Waals surface area contributed by atoms with Gasteiger partial charge in [-0.2, -0.15) is 0 Å². The van der Waals surface area contributed by atoms with Crippen LogP contribution in [-0.4, -0.2) is 5.84 Å². The summed E-state index contributed by atoms with van der Waals surface area (Å²) < 4.78 is 26.4. The summed E-state index contributed by atoms with van der Waals surface area (Å²) in [6, 6.07) is 4.02. The summed E-state index contributed by atoms with van der Waals surface area (Å²) in [5, 5.41) is 3.83. The van der Waals surface area contributed by atoms with E-state index in [0.717, 1.165) is 27.6 Å². The maximum absolute atomic E-state index is 13.2. The number of aliphatic imine (C=N–C) groups is 1. The molecule has 2 heterocycles. The smallest absolute Gasteiger partial charge is 0.161 e. The number of hydrogen-bond acceptors (Lipinski definition) is 4. The number of anilines is 2. The summed E-state index contributed by atoms with van der Waals surface area (Å²) in [5.74, 6) is -1.55. The van der Waals surface area contributed by atoms with Crippen molar-refractivity contribution in [2.24, 2.45) is 10.7 Å². The molecule has 0 bridgehead atoms. The van der Waals surface area contributed by atoms with Gasteiger partial charge in [0.1, 0.15) is 10.8 Å². The summed E-state index contributed by atoms with van der Waals surface area (Å²) in [6.45, 7) is 1.94. The summed E-state index contributed by atoms with van der Waals surface area (Å²) in [6.07, 6.45) is 0. The van der Waals surface area contributed by atoms with Crippen molar-refractivity contribution >= 4 is 33.5 Å². The number of hydrogen-bond donors (Lipinski definition) is 2. The Morgan fingerprint density at radius 3 is 2.72 bits per heavy atom. The molecule has 0 saturated heterocycles. The first kappa shape index (κ1) is 11.2. The molecule has 0 atom stereocenters. The molecule has 0 saturated carbocycles. The number of nitrogens with zero attached hydrogens (tertiary/aromatic N) is 1. The Hall–Kier alpha value is -1.95. The van der Waals surface area contributed by atoms with Crippen molar-refractivity contribution in [1.29, 1.82) is 0 Å². The fraction of sp³-hybridized carbons (Fsp3) is 0.0833. The topological polar surface area (TPSA) is 50.4 Å². The summed E-state index contributed by atoms with van der Waals surface area (Å²) in [4.78, 5) is 5.19. The van der Waals surface area contributed by atoms with E-state index >= 15 is 0 Å². The lowest BCUT2D eigenvalue weighted by Crippen LogP contribution is -2.11. The Bertz CT molecular complexity index is 676. The standard InChI is InChI=1S/C12H9F2N3S/c1-5-2-6-11(15)16-9-3-7(13)8(14)4-10(9)17-12(6)18-5/h2-4,17H,1H3,(H2,15,16). The van der Waals surface area contributed by atoms with E-state index in [-0.39, 0.29) is 0 Å². The zero-order chi connectivity index (χ0) is 12.9. The Morgan fingerprint density at radius 1 is 1.22 bits per heavy atom. The predicted octanol–water partition coefficient (Wildman–Crippen LogP) is 3.43. The third-order valence-electron chi connectivity index (χ3n) is 2.66. The molecule has 3 rings (SSSR count). The SMILES string of the molecule is Cc1cc2c(s1)Nc1cc(F)c(F)cc1N=C2N. The van der Waals surface area contributed by atoms with Crippen molar-refractivity contribution in [2.45, 2.75) is 6.92 Å². The molecule has 0 spiro atoms. The maximum atomic E-state index is 13.2. The van der Waals surface area contributed by atoms with Crippen LogP contribution in [0.4, 0.5) is 25.2 Å². The Labute approximate surface area is 106 Å². The fourth-order valence-electron chi connectivity index (χ4n) is 1.84. The van der Waals surface area contributed by atoms with Crippen LogP contribution in [0.5, 0.6) is 0 Å². The zero-order valence-electron chi connectivity index (χ0n) is 9.42. The number of thiophene rings is 1. The van der Waals surface area contributed by atoms with E-state index in [1.165, 1.54) is 11.3 Å². The highest BCUT2D eigenvalue weighted by atomic mass is 32.1. The molecule has 6 heteroatoms. The number of rotatable bonds is 0. The highest BCUT2D eigenvalue weighted by Crippen LogP contribution is 2.38. The number of nitrogens with one attached hydrogen (secondary N) is 1. The molecular formula is C12H9F2N3S. The van der Waals surface area contributed by atoms with E-state index in [9.17, 15) is 8.78 Å². The highest BCUT2D eigenvalue weighted by molar-refractivity contribution is 7.16. The van der Waals surface area contributed by atoms with Crippen LogP contribution >= 0.6 is 11.3 Å². The quantitative estimate of drug-likeness (QED) is 0.766. The summed E-state index contributed by atoms with van der Waals surface area (Å²) in [5.41, 5.74) is 7.33. The van der Waals surface area contributed by atoms with Gasteiger partial charge in [0, 0.05) is 17.0 Å². The van der Waals surface area contributed by atoms with Gasteiger partial charge in [0.25, 0.3) is 0 Å². The van der Waals surface area contributed by atoms with Crippen LogP contribution < -0.4 is 11.1 Å². The number of benzene rings is 1. The number of aryl methyl sites for hydroxylation is 1. The van der Waals surface area contributed by atoms with Crippen LogP contribution in [0.3, 0.4) is 0 Å². The minimum atomic E-state index is -0.937. The molecule has 0 radical (unpaired) electrons. The third-order valence-corrected chi connectivity index (χ3v) is 3.62. The molecule has 0 amide bonds. The second-order valence-corrected chi connectivity index (χ2v) is 5.26. The normalized spacial score (nSPS) is 13.2. The van der Waals surface area contributed by atoms with Crippen LogP contribution in [0.25, 0.3) is 0 Å². The van der Waals surface area contributed by atoms with Gasteiger partial charge in [-0.15, -0.1) is 11.3 Å². The molecule has 3 nitrogen and oxygen atoms in total. The minimum absolute atomic E-state index is 0.298. The first-order valence-corrected chi connectivity index (χ1v) is 6.07. The molecule has 2 aromatic rings. The van der Waals surface area contributed by atoms with Crippen LogP contribution in [0, 0.1) is 18.6 Å². The van der Waals surface area contributed by atoms with Gasteiger partial charge < -0.3 is 11.1 Å². The van der Waals surface area contributed by atoms with Gasteiger partial charge in [-0.25, -0.2) is 13.8 Å². The van der Waals surface area contributed by atoms with E-state index in [2.05, 4.69) is 10.3 Å². The second kappa shape index (κ2) is 3.78. The van der Waals surface area contributed by atoms with Crippen molar-refractivity contribution in [3.8, 4) is 0 Å². The lowest BCUT2D eigenvalue weighted by Gasteiger charge is -2.06. The lowest BCUT2D eigenvalue weighted by molar-refractivity contribution is 0.509. The van der Waals surface area contributed by atoms with E-state index in [0.29, 0.717) is 17.2 Å². The molecule has 18 heavy (non-hydrogen) atoms. The van der Waals surface area contributed by atoms with Gasteiger partial charge in [-0.1, -0.05) is 0 Å². The number of nitrogens with two attached hydrogens (primary N) is 1. The van der Waals surface area contributed by atoms with Gasteiger partial charge in [-0.05, 0) is 13.0 Å². The molecule has 1 aromatic heterocycles. The summed E-state index contributed by atoms with van der Waals surface area (Å²) in [7, 11) is 0.